The van der Waals surface area contributed by atoms with Crippen LogP contribution in [0.3, 0.4) is 0 Å². The molecule has 16 heavy (non-hydrogen) atoms. The molecule has 0 aromatic rings. The minimum Gasteiger partial charge on any atom is -0.463 e. The van der Waals surface area contributed by atoms with Gasteiger partial charge in [0.1, 0.15) is 6.61 Å². The first-order valence-corrected chi connectivity index (χ1v) is 6.26. The largest absolute Gasteiger partial charge is 0.469 e. The third-order valence-electron chi connectivity index (χ3n) is 2.20. The lowest BCUT2D eigenvalue weighted by atomic mass is 9.89. The number of ether oxygens (including phenoxy) is 1. The Bertz CT molecular complexity index is 268. The van der Waals surface area contributed by atoms with Crippen LogP contribution in [0.4, 0.5) is 0 Å². The molecule has 0 heterocycles. The van der Waals surface area contributed by atoms with Crippen LogP contribution in [0.2, 0.25) is 0 Å². The SMILES string of the molecule is CCC(C)(CO)C(=O)OCCOP(=O)(O)O. The highest BCUT2D eigenvalue weighted by atomic mass is 31.2. The number of phosphoric ester groups is 1. The molecule has 0 aliphatic carbocycles. The maximum absolute atomic E-state index is 11.4. The van der Waals surface area contributed by atoms with Gasteiger partial charge in [-0.15, -0.1) is 0 Å². The standard InChI is InChI=1S/C8H17O7P/c1-3-8(2,6-9)7(10)14-4-5-15-16(11,12)13/h9H,3-6H2,1-2H3,(H2,11,12,13). The zero-order valence-electron chi connectivity index (χ0n) is 9.25. The smallest absolute Gasteiger partial charge is 0.463 e. The molecule has 0 aromatic heterocycles. The first kappa shape index (κ1) is 15.5. The number of aliphatic hydroxyl groups is 1. The Morgan fingerprint density at radius 2 is 1.94 bits per heavy atom. The highest BCUT2D eigenvalue weighted by molar-refractivity contribution is 7.46. The third-order valence-corrected chi connectivity index (χ3v) is 2.72. The van der Waals surface area contributed by atoms with Crippen molar-refractivity contribution in [1.82, 2.24) is 0 Å². The van der Waals surface area contributed by atoms with E-state index in [2.05, 4.69) is 4.52 Å². The zero-order chi connectivity index (χ0) is 12.8. The average molecular weight is 256 g/mol. The number of hydrogen-bond acceptors (Lipinski definition) is 5. The summed E-state index contributed by atoms with van der Waals surface area (Å²) in [7, 11) is -4.52. The molecule has 1 unspecified atom stereocenters. The van der Waals surface area contributed by atoms with E-state index in [-0.39, 0.29) is 19.8 Å². The predicted molar refractivity (Wildman–Crippen MR) is 54.4 cm³/mol. The minimum absolute atomic E-state index is 0.264. The number of rotatable bonds is 7. The van der Waals surface area contributed by atoms with Crippen molar-refractivity contribution in [2.75, 3.05) is 19.8 Å². The third kappa shape index (κ3) is 5.58. The van der Waals surface area contributed by atoms with Gasteiger partial charge >= 0.3 is 13.8 Å². The molecule has 0 saturated heterocycles. The van der Waals surface area contributed by atoms with Crippen molar-refractivity contribution < 1.29 is 33.5 Å². The zero-order valence-corrected chi connectivity index (χ0v) is 10.1. The number of hydrogen-bond donors (Lipinski definition) is 3. The molecule has 0 bridgehead atoms. The van der Waals surface area contributed by atoms with Crippen LogP contribution in [0.15, 0.2) is 0 Å². The maximum Gasteiger partial charge on any atom is 0.469 e. The monoisotopic (exact) mass is 256 g/mol. The van der Waals surface area contributed by atoms with Crippen LogP contribution in [0.25, 0.3) is 0 Å². The van der Waals surface area contributed by atoms with Gasteiger partial charge in [-0.05, 0) is 13.3 Å². The van der Waals surface area contributed by atoms with E-state index in [4.69, 9.17) is 19.6 Å². The summed E-state index contributed by atoms with van der Waals surface area (Å²) in [5.74, 6) is -0.619. The van der Waals surface area contributed by atoms with E-state index in [1.807, 2.05) is 0 Å². The average Bonchev–Trinajstić information content (AvgIpc) is 2.21. The van der Waals surface area contributed by atoms with Crippen LogP contribution in [-0.2, 0) is 18.6 Å². The van der Waals surface area contributed by atoms with Crippen molar-refractivity contribution in [1.29, 1.82) is 0 Å². The van der Waals surface area contributed by atoms with Gasteiger partial charge in [0.25, 0.3) is 0 Å². The van der Waals surface area contributed by atoms with Gasteiger partial charge in [-0.25, -0.2) is 4.57 Å². The number of carbonyl (C=O) groups excluding carboxylic acids is 1. The quantitative estimate of drug-likeness (QED) is 0.335. The normalized spacial score (nSPS) is 15.6. The van der Waals surface area contributed by atoms with E-state index in [0.717, 1.165) is 0 Å². The summed E-state index contributed by atoms with van der Waals surface area (Å²) in [6.45, 7) is 2.27. The number of carbonyl (C=O) groups is 1. The van der Waals surface area contributed by atoms with Crippen molar-refractivity contribution in [3.05, 3.63) is 0 Å². The fraction of sp³-hybridized carbons (Fsp3) is 0.875. The van der Waals surface area contributed by atoms with Crippen LogP contribution >= 0.6 is 7.82 Å². The second kappa shape index (κ2) is 6.32. The van der Waals surface area contributed by atoms with Gasteiger partial charge in [-0.3, -0.25) is 9.32 Å². The summed E-state index contributed by atoms with van der Waals surface area (Å²) in [6.07, 6.45) is 0.404. The molecule has 0 rings (SSSR count). The summed E-state index contributed by atoms with van der Waals surface area (Å²) in [5, 5.41) is 8.98. The molecular formula is C8H17O7P. The van der Waals surface area contributed by atoms with Gasteiger partial charge in [0.05, 0.1) is 18.6 Å². The molecule has 0 aliphatic heterocycles. The van der Waals surface area contributed by atoms with E-state index in [9.17, 15) is 9.36 Å². The molecule has 0 saturated carbocycles. The van der Waals surface area contributed by atoms with Gasteiger partial charge in [-0.2, -0.15) is 0 Å². The number of aliphatic hydroxyl groups excluding tert-OH is 1. The predicted octanol–water partition coefficient (Wildman–Crippen LogP) is 0.0475. The van der Waals surface area contributed by atoms with Crippen LogP contribution in [0, 0.1) is 5.41 Å². The molecule has 8 heteroatoms. The summed E-state index contributed by atoms with van der Waals surface area (Å²) in [5.41, 5.74) is -0.984. The second-order valence-electron chi connectivity index (χ2n) is 3.53. The first-order chi connectivity index (χ1) is 7.25. The lowest BCUT2D eigenvalue weighted by Crippen LogP contribution is -2.33. The first-order valence-electron chi connectivity index (χ1n) is 4.73. The van der Waals surface area contributed by atoms with Gasteiger partial charge < -0.3 is 19.6 Å². The molecule has 0 fully saturated rings. The van der Waals surface area contributed by atoms with Crippen LogP contribution < -0.4 is 0 Å². The Hall–Kier alpha value is -0.460. The summed E-state index contributed by atoms with van der Waals surface area (Å²) >= 11 is 0. The summed E-state index contributed by atoms with van der Waals surface area (Å²) in [4.78, 5) is 28.1. The molecular weight excluding hydrogens is 239 g/mol. The van der Waals surface area contributed by atoms with Gasteiger partial charge in [0, 0.05) is 0 Å². The van der Waals surface area contributed by atoms with Gasteiger partial charge in [0.15, 0.2) is 0 Å². The van der Waals surface area contributed by atoms with Crippen molar-refractivity contribution in [3.8, 4) is 0 Å². The van der Waals surface area contributed by atoms with Gasteiger partial charge in [0.2, 0.25) is 0 Å². The van der Waals surface area contributed by atoms with Crippen molar-refractivity contribution in [2.45, 2.75) is 20.3 Å². The Kier molecular flexibility index (Phi) is 6.14. The number of phosphoric acid groups is 1. The molecule has 0 spiro atoms. The molecule has 0 aromatic carbocycles. The van der Waals surface area contributed by atoms with E-state index < -0.39 is 19.2 Å². The minimum atomic E-state index is -4.52. The van der Waals surface area contributed by atoms with E-state index >= 15 is 0 Å². The van der Waals surface area contributed by atoms with E-state index in [0.29, 0.717) is 6.42 Å². The summed E-state index contributed by atoms with van der Waals surface area (Å²) in [6, 6.07) is 0. The fourth-order valence-electron chi connectivity index (χ4n) is 0.785. The topological polar surface area (TPSA) is 113 Å². The number of esters is 1. The Morgan fingerprint density at radius 3 is 2.31 bits per heavy atom. The second-order valence-corrected chi connectivity index (χ2v) is 4.77. The lowest BCUT2D eigenvalue weighted by molar-refractivity contribution is -0.158. The molecule has 3 N–H and O–H groups in total. The van der Waals surface area contributed by atoms with Crippen LogP contribution in [0.1, 0.15) is 20.3 Å². The molecule has 0 amide bonds. The van der Waals surface area contributed by atoms with Crippen LogP contribution in [0.5, 0.6) is 0 Å². The molecule has 1 atom stereocenters. The van der Waals surface area contributed by atoms with E-state index in [1.165, 1.54) is 0 Å². The maximum atomic E-state index is 11.4. The molecule has 96 valence electrons. The highest BCUT2D eigenvalue weighted by Gasteiger charge is 2.32. The molecule has 7 nitrogen and oxygen atoms in total. The van der Waals surface area contributed by atoms with Crippen molar-refractivity contribution >= 4 is 13.8 Å². The van der Waals surface area contributed by atoms with E-state index in [1.54, 1.807) is 13.8 Å². The Balaban J connectivity index is 3.95. The molecule has 0 aliphatic rings. The molecule has 0 radical (unpaired) electrons. The van der Waals surface area contributed by atoms with Crippen molar-refractivity contribution in [3.63, 3.8) is 0 Å². The van der Waals surface area contributed by atoms with Crippen LogP contribution in [-0.4, -0.2) is 40.7 Å². The van der Waals surface area contributed by atoms with Crippen molar-refractivity contribution in [2.24, 2.45) is 5.41 Å². The lowest BCUT2D eigenvalue weighted by Gasteiger charge is -2.22. The highest BCUT2D eigenvalue weighted by Crippen LogP contribution is 2.35. The Labute approximate surface area is 93.6 Å². The fourth-order valence-corrected chi connectivity index (χ4v) is 1.10. The van der Waals surface area contributed by atoms with Gasteiger partial charge in [-0.1, -0.05) is 6.92 Å². The summed E-state index contributed by atoms with van der Waals surface area (Å²) < 4.78 is 19.1. The Morgan fingerprint density at radius 1 is 1.38 bits per heavy atom.